The quantitative estimate of drug-likeness (QED) is 0.293. The van der Waals surface area contributed by atoms with Gasteiger partial charge in [0.15, 0.2) is 26.5 Å². The molecule has 2 saturated heterocycles. The summed E-state index contributed by atoms with van der Waals surface area (Å²) in [6.45, 7) is 1.07. The van der Waals surface area contributed by atoms with Crippen molar-refractivity contribution < 1.29 is 22.7 Å². The number of ether oxygens (including phenoxy) is 1. The summed E-state index contributed by atoms with van der Waals surface area (Å²) >= 11 is 0.995. The Morgan fingerprint density at radius 3 is 2.58 bits per heavy atom. The monoisotopic (exact) mass is 471 g/mol. The molecular weight excluding hydrogens is 450 g/mol. The van der Waals surface area contributed by atoms with Crippen LogP contribution in [-0.4, -0.2) is 88.0 Å². The van der Waals surface area contributed by atoms with E-state index in [0.717, 1.165) is 29.5 Å². The highest BCUT2D eigenvalue weighted by molar-refractivity contribution is 7.99. The molecule has 1 N–H and O–H groups in total. The summed E-state index contributed by atoms with van der Waals surface area (Å²) in [7, 11) is -1.05. The van der Waals surface area contributed by atoms with E-state index >= 15 is 0 Å². The number of carbonyl (C=O) groups is 2. The number of aryl methyl sites for hydroxylation is 1. The van der Waals surface area contributed by atoms with Gasteiger partial charge in [0.05, 0.1) is 5.75 Å². The van der Waals surface area contributed by atoms with Gasteiger partial charge in [-0.3, -0.25) is 33.9 Å². The standard InChI is InChI=1S/C17H21N5O7S2/c1-20-17(18-12(23)13(24)19-20)30-7-9-8-31(27,28)16-11(29-2)15(26)22(16)10(9)14(25)21-5-3-4-6-21/h11,16H,3-8H2,1-2H3,(H,19,24)/t11-,16+/m0/s1. The molecule has 0 aliphatic carbocycles. The predicted molar refractivity (Wildman–Crippen MR) is 109 cm³/mol. The van der Waals surface area contributed by atoms with E-state index in [1.165, 1.54) is 18.8 Å². The summed E-state index contributed by atoms with van der Waals surface area (Å²) < 4.78 is 32.0. The Kier molecular flexibility index (Phi) is 5.55. The smallest absolute Gasteiger partial charge is 0.339 e. The number of aromatic amines is 1. The fraction of sp³-hybridized carbons (Fsp3) is 0.588. The summed E-state index contributed by atoms with van der Waals surface area (Å²) in [5.41, 5.74) is -1.54. The van der Waals surface area contributed by atoms with Crippen LogP contribution < -0.4 is 11.1 Å². The number of β-lactam (4-membered cyclic amide) rings is 1. The minimum Gasteiger partial charge on any atom is -0.368 e. The zero-order valence-corrected chi connectivity index (χ0v) is 18.5. The first-order valence-corrected chi connectivity index (χ1v) is 12.2. The molecule has 0 saturated carbocycles. The third-order valence-electron chi connectivity index (χ3n) is 5.49. The molecule has 4 heterocycles. The minimum atomic E-state index is -3.80. The van der Waals surface area contributed by atoms with E-state index in [2.05, 4.69) is 10.1 Å². The largest absolute Gasteiger partial charge is 0.368 e. The van der Waals surface area contributed by atoms with E-state index in [9.17, 15) is 27.6 Å². The molecule has 0 spiro atoms. The molecule has 0 radical (unpaired) electrons. The van der Waals surface area contributed by atoms with Gasteiger partial charge in [-0.2, -0.15) is 4.98 Å². The molecule has 2 atom stereocenters. The number of likely N-dealkylation sites (tertiary alicyclic amines) is 1. The Bertz CT molecular complexity index is 1200. The number of nitrogens with zero attached hydrogens (tertiary/aromatic N) is 4. The van der Waals surface area contributed by atoms with Crippen molar-refractivity contribution in [2.75, 3.05) is 31.7 Å². The molecule has 0 aromatic carbocycles. The zero-order valence-electron chi connectivity index (χ0n) is 16.9. The van der Waals surface area contributed by atoms with Gasteiger partial charge in [-0.1, -0.05) is 11.8 Å². The average molecular weight is 472 g/mol. The summed E-state index contributed by atoms with van der Waals surface area (Å²) in [5, 5.41) is 1.23. The van der Waals surface area contributed by atoms with Crippen molar-refractivity contribution in [2.24, 2.45) is 7.05 Å². The van der Waals surface area contributed by atoms with E-state index in [4.69, 9.17) is 4.74 Å². The molecule has 0 unspecified atom stereocenters. The molecule has 3 aliphatic rings. The second-order valence-corrected chi connectivity index (χ2v) is 10.5. The third-order valence-corrected chi connectivity index (χ3v) is 8.55. The Hall–Kier alpha value is -2.45. The molecule has 1 aromatic rings. The van der Waals surface area contributed by atoms with Gasteiger partial charge in [0, 0.05) is 33.0 Å². The van der Waals surface area contributed by atoms with Crippen LogP contribution in [0, 0.1) is 0 Å². The Labute approximate surface area is 181 Å². The number of hydrogen-bond acceptors (Lipinski definition) is 9. The van der Waals surface area contributed by atoms with Crippen LogP contribution in [0.3, 0.4) is 0 Å². The first-order chi connectivity index (χ1) is 14.7. The van der Waals surface area contributed by atoms with Crippen LogP contribution in [0.15, 0.2) is 26.0 Å². The maximum Gasteiger partial charge on any atom is 0.339 e. The lowest BCUT2D eigenvalue weighted by molar-refractivity contribution is -0.161. The first kappa shape index (κ1) is 21.8. The van der Waals surface area contributed by atoms with E-state index in [1.807, 2.05) is 0 Å². The summed E-state index contributed by atoms with van der Waals surface area (Å²) in [4.78, 5) is 55.2. The summed E-state index contributed by atoms with van der Waals surface area (Å²) in [6, 6.07) is 0. The van der Waals surface area contributed by atoms with Crippen LogP contribution in [0.4, 0.5) is 0 Å². The number of carbonyl (C=O) groups excluding carboxylic acids is 2. The number of rotatable bonds is 5. The lowest BCUT2D eigenvalue weighted by Crippen LogP contribution is -2.71. The maximum absolute atomic E-state index is 13.2. The van der Waals surface area contributed by atoms with Crippen molar-refractivity contribution in [2.45, 2.75) is 29.5 Å². The van der Waals surface area contributed by atoms with Crippen LogP contribution in [0.1, 0.15) is 12.8 Å². The van der Waals surface area contributed by atoms with Crippen molar-refractivity contribution in [3.05, 3.63) is 32.0 Å². The lowest BCUT2D eigenvalue weighted by Gasteiger charge is -2.49. The molecule has 0 bridgehead atoms. The van der Waals surface area contributed by atoms with Crippen molar-refractivity contribution >= 4 is 33.4 Å². The van der Waals surface area contributed by atoms with Gasteiger partial charge in [-0.15, -0.1) is 0 Å². The normalized spacial score (nSPS) is 24.9. The van der Waals surface area contributed by atoms with Crippen molar-refractivity contribution in [1.29, 1.82) is 0 Å². The highest BCUT2D eigenvalue weighted by Gasteiger charge is 2.60. The second kappa shape index (κ2) is 7.91. The van der Waals surface area contributed by atoms with Crippen molar-refractivity contribution in [3.8, 4) is 0 Å². The van der Waals surface area contributed by atoms with Gasteiger partial charge >= 0.3 is 11.1 Å². The van der Waals surface area contributed by atoms with E-state index in [0.29, 0.717) is 13.1 Å². The van der Waals surface area contributed by atoms with Crippen molar-refractivity contribution in [3.63, 3.8) is 0 Å². The number of hydrogen-bond donors (Lipinski definition) is 1. The molecule has 12 nitrogen and oxygen atoms in total. The number of H-pyrrole nitrogens is 1. The first-order valence-electron chi connectivity index (χ1n) is 9.54. The van der Waals surface area contributed by atoms with E-state index in [-0.39, 0.29) is 28.1 Å². The molecule has 3 aliphatic heterocycles. The van der Waals surface area contributed by atoms with Gasteiger partial charge in [0.1, 0.15) is 5.70 Å². The van der Waals surface area contributed by atoms with Gasteiger partial charge < -0.3 is 9.64 Å². The Morgan fingerprint density at radius 1 is 1.26 bits per heavy atom. The fourth-order valence-corrected chi connectivity index (χ4v) is 7.07. The average Bonchev–Trinajstić information content (AvgIpc) is 3.24. The van der Waals surface area contributed by atoms with Crippen LogP contribution in [-0.2, 0) is 31.2 Å². The van der Waals surface area contributed by atoms with Crippen LogP contribution in [0.2, 0.25) is 0 Å². The SMILES string of the molecule is CO[C@H]1C(=O)N2C(C(=O)N3CCCC3)=C(CSc3nc(=O)c(=O)[nH]n3C)CS(=O)(=O)[C@H]12. The fourth-order valence-electron chi connectivity index (χ4n) is 3.98. The highest BCUT2D eigenvalue weighted by atomic mass is 32.2. The second-order valence-electron chi connectivity index (χ2n) is 7.50. The topological polar surface area (TPSA) is 152 Å². The maximum atomic E-state index is 13.2. The Morgan fingerprint density at radius 2 is 1.94 bits per heavy atom. The van der Waals surface area contributed by atoms with Gasteiger partial charge in [-0.05, 0) is 18.4 Å². The number of amides is 2. The van der Waals surface area contributed by atoms with Crippen LogP contribution in [0.25, 0.3) is 0 Å². The van der Waals surface area contributed by atoms with Crippen LogP contribution >= 0.6 is 11.8 Å². The van der Waals surface area contributed by atoms with Crippen molar-refractivity contribution in [1.82, 2.24) is 24.6 Å². The molecule has 14 heteroatoms. The number of methoxy groups -OCH3 is 1. The number of fused-ring (bicyclic) bond motifs is 1. The van der Waals surface area contributed by atoms with E-state index in [1.54, 1.807) is 4.90 Å². The van der Waals surface area contributed by atoms with Gasteiger partial charge in [-0.25, -0.2) is 8.42 Å². The molecular formula is C17H21N5O7S2. The minimum absolute atomic E-state index is 0.00534. The van der Waals surface area contributed by atoms with Gasteiger partial charge in [0.25, 0.3) is 11.8 Å². The highest BCUT2D eigenvalue weighted by Crippen LogP contribution is 2.40. The number of thioether (sulfide) groups is 1. The third kappa shape index (κ3) is 3.61. The summed E-state index contributed by atoms with van der Waals surface area (Å²) in [6.07, 6.45) is 0.536. The molecule has 4 rings (SSSR count). The molecule has 31 heavy (non-hydrogen) atoms. The lowest BCUT2D eigenvalue weighted by atomic mass is 10.0. The zero-order chi connectivity index (χ0) is 22.5. The van der Waals surface area contributed by atoms with Crippen LogP contribution in [0.5, 0.6) is 0 Å². The molecule has 168 valence electrons. The van der Waals surface area contributed by atoms with E-state index < -0.39 is 44.1 Å². The summed E-state index contributed by atoms with van der Waals surface area (Å²) in [5.74, 6) is -1.38. The Balaban J connectivity index is 1.73. The molecule has 2 fully saturated rings. The number of aromatic nitrogens is 3. The predicted octanol–water partition coefficient (Wildman–Crippen LogP) is -1.95. The number of sulfone groups is 1. The molecule has 1 aromatic heterocycles. The molecule has 2 amide bonds. The number of nitrogens with one attached hydrogen (secondary N) is 1. The van der Waals surface area contributed by atoms with Gasteiger partial charge in [0.2, 0.25) is 0 Å².